The Bertz CT molecular complexity index is 277. The lowest BCUT2D eigenvalue weighted by atomic mass is 9.88. The first-order valence-electron chi connectivity index (χ1n) is 13.3. The molecule has 0 aromatic rings. The van der Waals surface area contributed by atoms with Crippen LogP contribution in [-0.2, 0) is 0 Å². The highest BCUT2D eigenvalue weighted by atomic mass is 15.1. The molecule has 0 aliphatic heterocycles. The van der Waals surface area contributed by atoms with Crippen LogP contribution in [0.3, 0.4) is 0 Å². The van der Waals surface area contributed by atoms with Crippen LogP contribution in [0.2, 0.25) is 0 Å². The molecule has 0 saturated carbocycles. The van der Waals surface area contributed by atoms with Gasteiger partial charge in [0, 0.05) is 19.6 Å². The van der Waals surface area contributed by atoms with Crippen LogP contribution in [0, 0.1) is 23.2 Å². The van der Waals surface area contributed by atoms with Crippen molar-refractivity contribution in [2.45, 2.75) is 122 Å². The summed E-state index contributed by atoms with van der Waals surface area (Å²) in [7, 11) is 0. The second kappa shape index (κ2) is 22.1. The van der Waals surface area contributed by atoms with E-state index >= 15 is 0 Å². The van der Waals surface area contributed by atoms with Crippen LogP contribution < -0.4 is 0 Å². The van der Waals surface area contributed by atoms with Crippen LogP contribution in [0.5, 0.6) is 0 Å². The van der Waals surface area contributed by atoms with Gasteiger partial charge < -0.3 is 9.80 Å². The fourth-order valence-electron chi connectivity index (χ4n) is 3.31. The lowest BCUT2D eigenvalue weighted by Gasteiger charge is -2.27. The molecule has 0 N–H and O–H groups in total. The van der Waals surface area contributed by atoms with E-state index in [2.05, 4.69) is 99.8 Å². The maximum absolute atomic E-state index is 2.60. The SMILES string of the molecule is CC(C)CN(CC(C)C)CC(C)C.CCC(C)(C)CC.CCCN(CCC)CCC. The average Bonchev–Trinajstić information content (AvgIpc) is 2.62. The van der Waals surface area contributed by atoms with Crippen molar-refractivity contribution in [3.05, 3.63) is 0 Å². The Kier molecular flexibility index (Phi) is 25.5. The van der Waals surface area contributed by atoms with E-state index in [1.807, 2.05) is 0 Å². The molecule has 0 saturated heterocycles. The van der Waals surface area contributed by atoms with Gasteiger partial charge in [0.1, 0.15) is 0 Å². The summed E-state index contributed by atoms with van der Waals surface area (Å²) in [6.07, 6.45) is 6.47. The molecule has 0 amide bonds. The summed E-state index contributed by atoms with van der Waals surface area (Å²) in [6.45, 7) is 37.2. The topological polar surface area (TPSA) is 6.48 Å². The first kappa shape index (κ1) is 34.5. The predicted molar refractivity (Wildman–Crippen MR) is 143 cm³/mol. The average molecular weight is 429 g/mol. The zero-order valence-corrected chi connectivity index (χ0v) is 23.9. The van der Waals surface area contributed by atoms with Crippen molar-refractivity contribution in [2.24, 2.45) is 23.2 Å². The van der Waals surface area contributed by atoms with E-state index in [4.69, 9.17) is 0 Å². The molecule has 0 unspecified atom stereocenters. The summed E-state index contributed by atoms with van der Waals surface area (Å²) in [6, 6.07) is 0. The molecule has 0 heterocycles. The zero-order chi connectivity index (χ0) is 24.2. The maximum atomic E-state index is 2.60. The summed E-state index contributed by atoms with van der Waals surface area (Å²) in [5.41, 5.74) is 0.583. The molecule has 0 spiro atoms. The second-order valence-electron chi connectivity index (χ2n) is 11.1. The Morgan fingerprint density at radius 3 is 0.900 bits per heavy atom. The van der Waals surface area contributed by atoms with Gasteiger partial charge in [-0.2, -0.15) is 0 Å². The molecular formula is C28H64N2. The van der Waals surface area contributed by atoms with Crippen molar-refractivity contribution in [2.75, 3.05) is 39.3 Å². The maximum Gasteiger partial charge on any atom is 0.000461 e. The molecule has 0 fully saturated rings. The molecule has 0 radical (unpaired) electrons. The van der Waals surface area contributed by atoms with E-state index in [0.717, 1.165) is 17.8 Å². The molecule has 0 atom stereocenters. The van der Waals surface area contributed by atoms with Gasteiger partial charge in [0.2, 0.25) is 0 Å². The minimum absolute atomic E-state index is 0.583. The van der Waals surface area contributed by atoms with Gasteiger partial charge in [-0.15, -0.1) is 0 Å². The molecule has 0 bridgehead atoms. The Hall–Kier alpha value is -0.0800. The van der Waals surface area contributed by atoms with Crippen molar-refractivity contribution in [3.63, 3.8) is 0 Å². The van der Waals surface area contributed by atoms with E-state index in [1.165, 1.54) is 71.4 Å². The summed E-state index contributed by atoms with van der Waals surface area (Å²) >= 11 is 0. The second-order valence-corrected chi connectivity index (χ2v) is 11.1. The highest BCUT2D eigenvalue weighted by Gasteiger charge is 2.10. The highest BCUT2D eigenvalue weighted by molar-refractivity contribution is 4.64. The van der Waals surface area contributed by atoms with Crippen LogP contribution in [-0.4, -0.2) is 49.1 Å². The van der Waals surface area contributed by atoms with Gasteiger partial charge in [0.15, 0.2) is 0 Å². The predicted octanol–water partition coefficient (Wildman–Crippen LogP) is 8.61. The molecule has 0 rings (SSSR count). The van der Waals surface area contributed by atoms with Gasteiger partial charge in [0.05, 0.1) is 0 Å². The molecular weight excluding hydrogens is 364 g/mol. The standard InChI is InChI=1S/C12H27N.C9H21N.C7H16/c1-10(2)7-13(8-11(3)4)9-12(5)6;1-4-7-10(8-5-2)9-6-3;1-5-7(3,4)6-2/h10-12H,7-9H2,1-6H3;4-9H2,1-3H3;5-6H2,1-4H3. The van der Waals surface area contributed by atoms with Crippen LogP contribution in [0.25, 0.3) is 0 Å². The van der Waals surface area contributed by atoms with Crippen molar-refractivity contribution >= 4 is 0 Å². The third kappa shape index (κ3) is 27.9. The molecule has 0 aromatic heterocycles. The highest BCUT2D eigenvalue weighted by Crippen LogP contribution is 2.22. The third-order valence-electron chi connectivity index (χ3n) is 5.40. The first-order chi connectivity index (χ1) is 13.9. The Labute approximate surface area is 194 Å². The first-order valence-corrected chi connectivity index (χ1v) is 13.3. The third-order valence-corrected chi connectivity index (χ3v) is 5.40. The van der Waals surface area contributed by atoms with Crippen LogP contribution >= 0.6 is 0 Å². The van der Waals surface area contributed by atoms with E-state index < -0.39 is 0 Å². The Morgan fingerprint density at radius 1 is 0.500 bits per heavy atom. The summed E-state index contributed by atoms with van der Waals surface area (Å²) < 4.78 is 0. The largest absolute Gasteiger partial charge is 0.303 e. The van der Waals surface area contributed by atoms with Gasteiger partial charge in [-0.3, -0.25) is 0 Å². The molecule has 2 nitrogen and oxygen atoms in total. The summed E-state index contributed by atoms with van der Waals surface area (Å²) in [5, 5.41) is 0. The number of rotatable bonds is 14. The fourth-order valence-corrected chi connectivity index (χ4v) is 3.31. The number of nitrogens with zero attached hydrogens (tertiary/aromatic N) is 2. The van der Waals surface area contributed by atoms with E-state index in [-0.39, 0.29) is 0 Å². The minimum Gasteiger partial charge on any atom is -0.303 e. The molecule has 0 aromatic carbocycles. The van der Waals surface area contributed by atoms with Gasteiger partial charge in [-0.25, -0.2) is 0 Å². The zero-order valence-electron chi connectivity index (χ0n) is 23.9. The van der Waals surface area contributed by atoms with Crippen molar-refractivity contribution < 1.29 is 0 Å². The van der Waals surface area contributed by atoms with Gasteiger partial charge in [-0.05, 0) is 62.1 Å². The quantitative estimate of drug-likeness (QED) is 0.273. The van der Waals surface area contributed by atoms with E-state index in [1.54, 1.807) is 0 Å². The normalized spacial score (nSPS) is 11.8. The van der Waals surface area contributed by atoms with Crippen LogP contribution in [0.1, 0.15) is 122 Å². The van der Waals surface area contributed by atoms with Crippen molar-refractivity contribution in [1.29, 1.82) is 0 Å². The molecule has 0 aliphatic rings. The van der Waals surface area contributed by atoms with Crippen molar-refractivity contribution in [3.8, 4) is 0 Å². The van der Waals surface area contributed by atoms with Gasteiger partial charge in [0.25, 0.3) is 0 Å². The lowest BCUT2D eigenvalue weighted by molar-refractivity contribution is 0.198. The Balaban J connectivity index is -0.000000383. The van der Waals surface area contributed by atoms with E-state index in [0.29, 0.717) is 5.41 Å². The smallest absolute Gasteiger partial charge is 0.000461 e. The van der Waals surface area contributed by atoms with Gasteiger partial charge in [-0.1, -0.05) is 103 Å². The molecule has 2 heteroatoms. The van der Waals surface area contributed by atoms with Gasteiger partial charge >= 0.3 is 0 Å². The Morgan fingerprint density at radius 2 is 0.767 bits per heavy atom. The van der Waals surface area contributed by atoms with Crippen LogP contribution in [0.15, 0.2) is 0 Å². The molecule has 0 aliphatic carbocycles. The molecule has 186 valence electrons. The molecule has 30 heavy (non-hydrogen) atoms. The number of hydrogen-bond donors (Lipinski definition) is 0. The summed E-state index contributed by atoms with van der Waals surface area (Å²) in [5.74, 6) is 2.37. The minimum atomic E-state index is 0.583. The monoisotopic (exact) mass is 429 g/mol. The van der Waals surface area contributed by atoms with Crippen LogP contribution in [0.4, 0.5) is 0 Å². The summed E-state index contributed by atoms with van der Waals surface area (Å²) in [4.78, 5) is 5.14. The fraction of sp³-hybridized carbons (Fsp3) is 1.00. The van der Waals surface area contributed by atoms with Crippen molar-refractivity contribution in [1.82, 2.24) is 9.80 Å². The lowest BCUT2D eigenvalue weighted by Crippen LogP contribution is -2.34. The number of hydrogen-bond acceptors (Lipinski definition) is 2. The van der Waals surface area contributed by atoms with E-state index in [9.17, 15) is 0 Å².